The average Bonchev–Trinajstić information content (AvgIpc) is 2.73. The number of ether oxygens (including phenoxy) is 3. The van der Waals surface area contributed by atoms with Crippen LogP contribution < -0.4 is 0 Å². The molecule has 0 amide bonds. The lowest BCUT2D eigenvalue weighted by Gasteiger charge is -2.33. The van der Waals surface area contributed by atoms with Crippen molar-refractivity contribution in [2.24, 2.45) is 0 Å². The molecule has 5 nitrogen and oxygen atoms in total. The highest BCUT2D eigenvalue weighted by molar-refractivity contribution is 5.83. The summed E-state index contributed by atoms with van der Waals surface area (Å²) >= 11 is 0. The van der Waals surface area contributed by atoms with Crippen molar-refractivity contribution in [3.05, 3.63) is 77.9 Å². The minimum absolute atomic E-state index is 0.0798. The van der Waals surface area contributed by atoms with E-state index in [0.29, 0.717) is 5.56 Å². The Labute approximate surface area is 178 Å². The molecule has 2 aromatic carbocycles. The van der Waals surface area contributed by atoms with Crippen molar-refractivity contribution >= 4 is 18.0 Å². The summed E-state index contributed by atoms with van der Waals surface area (Å²) in [4.78, 5) is 24.8. The maximum atomic E-state index is 14.1. The third-order valence-electron chi connectivity index (χ3n) is 4.41. The number of methoxy groups -OCH3 is 1. The van der Waals surface area contributed by atoms with Gasteiger partial charge in [0.05, 0.1) is 13.0 Å². The van der Waals surface area contributed by atoms with Crippen LogP contribution in [0.3, 0.4) is 0 Å². The average molecular weight is 436 g/mol. The molecule has 8 heteroatoms. The number of rotatable bonds is 9. The molecule has 0 aliphatic carbocycles. The predicted molar refractivity (Wildman–Crippen MR) is 108 cm³/mol. The molecule has 0 aliphatic heterocycles. The van der Waals surface area contributed by atoms with Crippen LogP contribution >= 0.6 is 0 Å². The first-order valence-electron chi connectivity index (χ1n) is 9.52. The number of esters is 2. The topological polar surface area (TPSA) is 61.8 Å². The van der Waals surface area contributed by atoms with Gasteiger partial charge in [-0.25, -0.2) is 4.79 Å². The first kappa shape index (κ1) is 24.1. The largest absolute Gasteiger partial charge is 0.466 e. The summed E-state index contributed by atoms with van der Waals surface area (Å²) in [7, 11) is 0.780. The molecule has 0 aromatic heterocycles. The van der Waals surface area contributed by atoms with Crippen LogP contribution in [0.25, 0.3) is 6.08 Å². The maximum absolute atomic E-state index is 14.1. The highest BCUT2D eigenvalue weighted by Crippen LogP contribution is 2.43. The van der Waals surface area contributed by atoms with Crippen LogP contribution in [0.15, 0.2) is 66.7 Å². The molecule has 2 atom stereocenters. The van der Waals surface area contributed by atoms with E-state index in [1.165, 1.54) is 24.3 Å². The molecule has 0 N–H and O–H groups in total. The van der Waals surface area contributed by atoms with Crippen LogP contribution in [0.2, 0.25) is 0 Å². The maximum Gasteiger partial charge on any atom is 0.432 e. The van der Waals surface area contributed by atoms with E-state index < -0.39 is 41.8 Å². The Bertz CT molecular complexity index is 881. The summed E-state index contributed by atoms with van der Waals surface area (Å²) in [6.07, 6.45) is -3.98. The van der Waals surface area contributed by atoms with Gasteiger partial charge in [-0.15, -0.1) is 0 Å². The molecular formula is C23H23F3O5. The van der Waals surface area contributed by atoms with Gasteiger partial charge in [-0.1, -0.05) is 66.7 Å². The smallest absolute Gasteiger partial charge is 0.432 e. The Morgan fingerprint density at radius 2 is 1.58 bits per heavy atom. The van der Waals surface area contributed by atoms with Crippen LogP contribution in [0.5, 0.6) is 0 Å². The molecule has 0 heterocycles. The van der Waals surface area contributed by atoms with Gasteiger partial charge >= 0.3 is 18.1 Å². The normalized spacial score (nSPS) is 14.6. The molecule has 0 saturated carbocycles. The van der Waals surface area contributed by atoms with Crippen molar-refractivity contribution in [3.8, 4) is 0 Å². The summed E-state index contributed by atoms with van der Waals surface area (Å²) in [6.45, 7) is 1.67. The Hall–Kier alpha value is -3.13. The zero-order valence-corrected chi connectivity index (χ0v) is 17.1. The molecule has 0 radical (unpaired) electrons. The molecule has 1 unspecified atom stereocenters. The Morgan fingerprint density at radius 1 is 1.00 bits per heavy atom. The van der Waals surface area contributed by atoms with Gasteiger partial charge in [0.15, 0.2) is 0 Å². The first-order chi connectivity index (χ1) is 14.7. The molecular weight excluding hydrogens is 413 g/mol. The standard InChI is InChI=1S/C23H23F3O5/c1-3-30-20(27)16-19(15-14-17-10-6-4-7-11-17)31-21(28)22(29-2,23(24,25)26)18-12-8-5-9-13-18/h4-15,19H,3,16H2,1-2H3/b15-14+/t19?,22-/m1/s1. The van der Waals surface area contributed by atoms with Crippen molar-refractivity contribution in [2.75, 3.05) is 13.7 Å². The van der Waals surface area contributed by atoms with E-state index in [4.69, 9.17) is 14.2 Å². The van der Waals surface area contributed by atoms with E-state index in [1.807, 2.05) is 0 Å². The molecule has 166 valence electrons. The first-order valence-corrected chi connectivity index (χ1v) is 9.52. The van der Waals surface area contributed by atoms with Gasteiger partial charge in [0.2, 0.25) is 0 Å². The quantitative estimate of drug-likeness (QED) is 0.535. The van der Waals surface area contributed by atoms with Gasteiger partial charge in [-0.2, -0.15) is 13.2 Å². The van der Waals surface area contributed by atoms with E-state index in [-0.39, 0.29) is 6.61 Å². The lowest BCUT2D eigenvalue weighted by molar-refractivity contribution is -0.277. The highest BCUT2D eigenvalue weighted by atomic mass is 19.4. The number of benzene rings is 2. The van der Waals surface area contributed by atoms with Gasteiger partial charge < -0.3 is 14.2 Å². The number of hydrogen-bond donors (Lipinski definition) is 0. The second-order valence-corrected chi connectivity index (χ2v) is 6.47. The summed E-state index contributed by atoms with van der Waals surface area (Å²) in [5, 5.41) is 0. The molecule has 31 heavy (non-hydrogen) atoms. The summed E-state index contributed by atoms with van der Waals surface area (Å²) in [5.74, 6) is -2.39. The second kappa shape index (κ2) is 10.8. The fourth-order valence-corrected chi connectivity index (χ4v) is 2.92. The number of alkyl halides is 3. The number of hydrogen-bond acceptors (Lipinski definition) is 5. The molecule has 0 spiro atoms. The number of carbonyl (C=O) groups is 2. The number of carbonyl (C=O) groups excluding carboxylic acids is 2. The Balaban J connectivity index is 2.38. The van der Waals surface area contributed by atoms with Crippen LogP contribution in [0.4, 0.5) is 13.2 Å². The van der Waals surface area contributed by atoms with E-state index in [9.17, 15) is 22.8 Å². The zero-order valence-electron chi connectivity index (χ0n) is 17.1. The Morgan fingerprint density at radius 3 is 2.10 bits per heavy atom. The van der Waals surface area contributed by atoms with Crippen LogP contribution in [0.1, 0.15) is 24.5 Å². The molecule has 2 aromatic rings. The summed E-state index contributed by atoms with van der Waals surface area (Å²) in [6, 6.07) is 15.3. The van der Waals surface area contributed by atoms with E-state index >= 15 is 0 Å². The van der Waals surface area contributed by atoms with Crippen molar-refractivity contribution in [1.29, 1.82) is 0 Å². The Kier molecular flexibility index (Phi) is 8.38. The molecule has 0 aliphatic rings. The van der Waals surface area contributed by atoms with Crippen molar-refractivity contribution in [1.82, 2.24) is 0 Å². The highest BCUT2D eigenvalue weighted by Gasteiger charge is 2.64. The summed E-state index contributed by atoms with van der Waals surface area (Å²) in [5.41, 5.74) is -3.07. The number of halogens is 3. The SMILES string of the molecule is CCOC(=O)CC(/C=C/c1ccccc1)OC(=O)[C@](OC)(c1ccccc1)C(F)(F)F. The van der Waals surface area contributed by atoms with E-state index in [0.717, 1.165) is 19.2 Å². The third-order valence-corrected chi connectivity index (χ3v) is 4.41. The van der Waals surface area contributed by atoms with Crippen LogP contribution in [-0.2, 0) is 29.4 Å². The lowest BCUT2D eigenvalue weighted by Crippen LogP contribution is -2.52. The van der Waals surface area contributed by atoms with E-state index in [2.05, 4.69) is 0 Å². The van der Waals surface area contributed by atoms with Crippen molar-refractivity contribution in [3.63, 3.8) is 0 Å². The minimum atomic E-state index is -5.11. The van der Waals surface area contributed by atoms with Gasteiger partial charge in [0.1, 0.15) is 6.10 Å². The van der Waals surface area contributed by atoms with E-state index in [1.54, 1.807) is 43.3 Å². The molecule has 2 rings (SSSR count). The zero-order chi connectivity index (χ0) is 22.9. The minimum Gasteiger partial charge on any atom is -0.466 e. The van der Waals surface area contributed by atoms with Crippen LogP contribution in [-0.4, -0.2) is 37.9 Å². The van der Waals surface area contributed by atoms with Gasteiger partial charge in [0, 0.05) is 12.7 Å². The van der Waals surface area contributed by atoms with Crippen LogP contribution in [0, 0.1) is 0 Å². The molecule has 0 bridgehead atoms. The van der Waals surface area contributed by atoms with Gasteiger partial charge in [-0.05, 0) is 18.6 Å². The fraction of sp³-hybridized carbons (Fsp3) is 0.304. The second-order valence-electron chi connectivity index (χ2n) is 6.47. The predicted octanol–water partition coefficient (Wildman–Crippen LogP) is 4.67. The van der Waals surface area contributed by atoms with Crippen molar-refractivity contribution in [2.45, 2.75) is 31.2 Å². The fourth-order valence-electron chi connectivity index (χ4n) is 2.92. The third kappa shape index (κ3) is 5.95. The summed E-state index contributed by atoms with van der Waals surface area (Å²) < 4.78 is 56.9. The van der Waals surface area contributed by atoms with Gasteiger partial charge in [0.25, 0.3) is 5.60 Å². The van der Waals surface area contributed by atoms with Crippen molar-refractivity contribution < 1.29 is 37.0 Å². The molecule has 0 fully saturated rings. The lowest BCUT2D eigenvalue weighted by atomic mass is 9.92. The van der Waals surface area contributed by atoms with Gasteiger partial charge in [-0.3, -0.25) is 4.79 Å². The molecule has 0 saturated heterocycles. The monoisotopic (exact) mass is 436 g/mol.